The molecule has 3 aliphatic heterocycles. The molecule has 1 saturated carbocycles. The molecule has 1 amide bonds. The third-order valence-corrected chi connectivity index (χ3v) is 11.7. The normalized spacial score (nSPS) is 28.8. The molecule has 0 aromatic heterocycles. The van der Waals surface area contributed by atoms with E-state index in [4.69, 9.17) is 21.1 Å². The number of thiol groups is 1. The summed E-state index contributed by atoms with van der Waals surface area (Å²) in [6.07, 6.45) is 7.41. The highest BCUT2D eigenvalue weighted by Gasteiger charge is 2.39. The summed E-state index contributed by atoms with van der Waals surface area (Å²) in [5, 5.41) is 0.718. The Bertz CT molecular complexity index is 1530. The minimum absolute atomic E-state index is 0.0781. The number of benzene rings is 2. The van der Waals surface area contributed by atoms with Gasteiger partial charge in [-0.3, -0.25) is 13.9 Å². The van der Waals surface area contributed by atoms with Crippen LogP contribution in [0.25, 0.3) is 0 Å². The molecule has 2 aromatic carbocycles. The van der Waals surface area contributed by atoms with E-state index in [-0.39, 0.29) is 17.9 Å². The standard InChI is InChI=1S/C36H46ClF2N3O4S/c1-24-5-4-7-33(46-16-14-41-19-29(20-41)35(38)39)31-12-9-28(31)22-42-21-27-8-11-30(37)17-25(27)6-2-3-15-45-34-13-10-26(18-32(34)42)36(43)40-47(44)23-24/h4,7-8,10-11,13,17-18,24,28-29,31,33,35,47H,2-3,5-6,9,12,14-16,19-23H2,1H3/b7-4+/t24-,28-,31+,33-/m0/s1. The number of hydrogen-bond acceptors (Lipinski definition) is 6. The molecule has 256 valence electrons. The molecular formula is C36H46ClF2N3O4S. The molecule has 1 saturated heterocycles. The van der Waals surface area contributed by atoms with Crippen LogP contribution in [0, 0.1) is 23.7 Å². The molecule has 5 atom stereocenters. The Balaban J connectivity index is 1.31. The summed E-state index contributed by atoms with van der Waals surface area (Å²) in [7, 11) is -2.07. The van der Waals surface area contributed by atoms with Gasteiger partial charge in [0.2, 0.25) is 6.43 Å². The number of aryl methyl sites for hydroxylation is 1. The number of likely N-dealkylation sites (tertiary alicyclic amines) is 1. The van der Waals surface area contributed by atoms with E-state index in [2.05, 4.69) is 33.5 Å². The van der Waals surface area contributed by atoms with Crippen molar-refractivity contribution in [1.82, 2.24) is 4.90 Å². The molecule has 2 aromatic rings. The lowest BCUT2D eigenvalue weighted by atomic mass is 9.70. The van der Waals surface area contributed by atoms with Crippen molar-refractivity contribution in [3.8, 4) is 5.75 Å². The molecule has 3 heterocycles. The molecule has 1 unspecified atom stereocenters. The molecule has 0 N–H and O–H groups in total. The van der Waals surface area contributed by atoms with Gasteiger partial charge >= 0.3 is 0 Å². The average Bonchev–Trinajstić information content (AvgIpc) is 3.02. The Kier molecular flexibility index (Phi) is 11.5. The number of carbonyl (C=O) groups is 1. The number of ether oxygens (including phenoxy) is 2. The predicted octanol–water partition coefficient (Wildman–Crippen LogP) is 7.07. The first kappa shape index (κ1) is 34.3. The predicted molar refractivity (Wildman–Crippen MR) is 183 cm³/mol. The number of halogens is 3. The van der Waals surface area contributed by atoms with Crippen molar-refractivity contribution in [3.63, 3.8) is 0 Å². The van der Waals surface area contributed by atoms with Crippen LogP contribution < -0.4 is 9.64 Å². The number of fused-ring (bicyclic) bond motifs is 3. The fraction of sp³-hybridized carbons (Fsp3) is 0.583. The fourth-order valence-corrected chi connectivity index (χ4v) is 8.45. The van der Waals surface area contributed by atoms with Gasteiger partial charge in [-0.05, 0) is 97.7 Å². The first-order valence-corrected chi connectivity index (χ1v) is 18.8. The zero-order valence-corrected chi connectivity index (χ0v) is 28.7. The van der Waals surface area contributed by atoms with Crippen molar-refractivity contribution in [2.45, 2.75) is 64.5 Å². The second-order valence-corrected chi connectivity index (χ2v) is 15.4. The van der Waals surface area contributed by atoms with Gasteiger partial charge in [0.25, 0.3) is 5.91 Å². The summed E-state index contributed by atoms with van der Waals surface area (Å²) in [6, 6.07) is 11.5. The largest absolute Gasteiger partial charge is 0.491 e. The average molecular weight is 690 g/mol. The Labute approximate surface area is 283 Å². The van der Waals surface area contributed by atoms with Crippen LogP contribution in [0.1, 0.15) is 60.5 Å². The number of amides is 1. The second-order valence-electron chi connectivity index (χ2n) is 13.7. The zero-order chi connectivity index (χ0) is 32.9. The minimum Gasteiger partial charge on any atom is -0.491 e. The van der Waals surface area contributed by atoms with E-state index < -0.39 is 28.8 Å². The summed E-state index contributed by atoms with van der Waals surface area (Å²) in [4.78, 5) is 17.6. The van der Waals surface area contributed by atoms with Crippen LogP contribution in [-0.2, 0) is 28.3 Å². The Hall–Kier alpha value is -2.53. The van der Waals surface area contributed by atoms with Gasteiger partial charge in [0, 0.05) is 65.6 Å². The van der Waals surface area contributed by atoms with E-state index in [1.165, 1.54) is 11.1 Å². The lowest BCUT2D eigenvalue weighted by molar-refractivity contribution is -0.0553. The zero-order valence-electron chi connectivity index (χ0n) is 27.0. The van der Waals surface area contributed by atoms with Crippen LogP contribution in [0.3, 0.4) is 0 Å². The van der Waals surface area contributed by atoms with Crippen molar-refractivity contribution >= 4 is 33.8 Å². The third-order valence-electron chi connectivity index (χ3n) is 10.1. The number of anilines is 1. The topological polar surface area (TPSA) is 71.4 Å². The van der Waals surface area contributed by atoms with Crippen LogP contribution in [0.4, 0.5) is 14.5 Å². The van der Waals surface area contributed by atoms with E-state index in [9.17, 15) is 17.8 Å². The molecule has 1 aliphatic carbocycles. The van der Waals surface area contributed by atoms with Gasteiger partial charge in [-0.25, -0.2) is 8.78 Å². The molecule has 6 rings (SSSR count). The van der Waals surface area contributed by atoms with E-state index in [1.807, 2.05) is 30.0 Å². The molecule has 2 bridgehead atoms. The molecule has 0 spiro atoms. The Morgan fingerprint density at radius 2 is 1.96 bits per heavy atom. The monoisotopic (exact) mass is 689 g/mol. The number of nitrogens with zero attached hydrogens (tertiary/aromatic N) is 3. The summed E-state index contributed by atoms with van der Waals surface area (Å²) >= 11 is 6.44. The molecule has 7 nitrogen and oxygen atoms in total. The van der Waals surface area contributed by atoms with E-state index in [0.29, 0.717) is 63.0 Å². The van der Waals surface area contributed by atoms with E-state index in [1.54, 1.807) is 6.07 Å². The first-order chi connectivity index (χ1) is 22.7. The SMILES string of the molecule is C[C@H]1C/C=C/[C@H](OCCN2CC(C(F)F)C2)[C@@H]2CC[C@H]2CN2Cc3ccc(Cl)cc3CCCCOc3ccc(cc32)C(=O)/N=[SH](=O)\C1. The Morgan fingerprint density at radius 1 is 1.11 bits per heavy atom. The van der Waals surface area contributed by atoms with Crippen molar-refractivity contribution in [2.24, 2.45) is 28.0 Å². The molecule has 11 heteroatoms. The highest BCUT2D eigenvalue weighted by atomic mass is 35.5. The van der Waals surface area contributed by atoms with Crippen LogP contribution in [0.2, 0.25) is 5.02 Å². The van der Waals surface area contributed by atoms with Gasteiger partial charge in [0.1, 0.15) is 5.75 Å². The van der Waals surface area contributed by atoms with Gasteiger partial charge in [0.15, 0.2) is 0 Å². The molecule has 4 aliphatic rings. The highest BCUT2D eigenvalue weighted by Crippen LogP contribution is 2.42. The van der Waals surface area contributed by atoms with E-state index in [0.717, 1.165) is 55.1 Å². The van der Waals surface area contributed by atoms with Crippen LogP contribution in [-0.4, -0.2) is 72.7 Å². The van der Waals surface area contributed by atoms with Gasteiger partial charge in [-0.1, -0.05) is 36.7 Å². The molecular weight excluding hydrogens is 644 g/mol. The van der Waals surface area contributed by atoms with Gasteiger partial charge < -0.3 is 14.4 Å². The summed E-state index contributed by atoms with van der Waals surface area (Å²) in [5.41, 5.74) is 3.64. The maximum Gasteiger partial charge on any atom is 0.284 e. The second kappa shape index (κ2) is 15.8. The first-order valence-electron chi connectivity index (χ1n) is 17.0. The van der Waals surface area contributed by atoms with Crippen LogP contribution in [0.5, 0.6) is 5.75 Å². The number of carbonyl (C=O) groups excluding carboxylic acids is 1. The van der Waals surface area contributed by atoms with Gasteiger partial charge in [-0.15, -0.1) is 0 Å². The number of alkyl halides is 2. The molecule has 0 radical (unpaired) electrons. The van der Waals surface area contributed by atoms with Crippen LogP contribution >= 0.6 is 11.6 Å². The molecule has 2 fully saturated rings. The summed E-state index contributed by atoms with van der Waals surface area (Å²) in [5.74, 6) is 0.725. The quantitative estimate of drug-likeness (QED) is 0.268. The van der Waals surface area contributed by atoms with Crippen LogP contribution in [0.15, 0.2) is 52.9 Å². The summed E-state index contributed by atoms with van der Waals surface area (Å²) in [6.45, 7) is 5.88. The van der Waals surface area contributed by atoms with Crippen molar-refractivity contribution in [2.75, 3.05) is 50.0 Å². The van der Waals surface area contributed by atoms with Crippen molar-refractivity contribution < 1.29 is 27.3 Å². The van der Waals surface area contributed by atoms with Crippen molar-refractivity contribution in [3.05, 3.63) is 70.3 Å². The highest BCUT2D eigenvalue weighted by molar-refractivity contribution is 7.75. The van der Waals surface area contributed by atoms with Gasteiger partial charge in [0.05, 0.1) is 25.0 Å². The maximum atomic E-state index is 13.3. The molecule has 47 heavy (non-hydrogen) atoms. The fourth-order valence-electron chi connectivity index (χ4n) is 7.17. The smallest absolute Gasteiger partial charge is 0.284 e. The lowest BCUT2D eigenvalue weighted by Crippen LogP contribution is -2.51. The minimum atomic E-state index is -2.26. The van der Waals surface area contributed by atoms with Crippen molar-refractivity contribution in [1.29, 1.82) is 0 Å². The lowest BCUT2D eigenvalue weighted by Gasteiger charge is -2.44. The Morgan fingerprint density at radius 3 is 2.74 bits per heavy atom. The summed E-state index contributed by atoms with van der Waals surface area (Å²) < 4.78 is 55.9. The third kappa shape index (κ3) is 8.74. The number of allylic oxidation sites excluding steroid dienone is 1. The maximum absolute atomic E-state index is 13.3. The van der Waals surface area contributed by atoms with Gasteiger partial charge in [-0.2, -0.15) is 4.36 Å². The van der Waals surface area contributed by atoms with E-state index >= 15 is 0 Å². The number of rotatable bonds is 5. The number of hydrogen-bond donors (Lipinski definition) is 1.